The van der Waals surface area contributed by atoms with Gasteiger partial charge >= 0.3 is 12.1 Å². The Bertz CT molecular complexity index is 1550. The lowest BCUT2D eigenvalue weighted by atomic mass is 9.91. The molecule has 1 fully saturated rings. The van der Waals surface area contributed by atoms with Crippen molar-refractivity contribution in [2.75, 3.05) is 19.6 Å². The number of amides is 2. The van der Waals surface area contributed by atoms with Crippen molar-refractivity contribution in [3.05, 3.63) is 78.4 Å². The van der Waals surface area contributed by atoms with E-state index in [1.165, 1.54) is 12.1 Å². The maximum atomic E-state index is 13.6. The number of ether oxygens (including phenoxy) is 1. The lowest BCUT2D eigenvalue weighted by Crippen LogP contribution is -2.54. The van der Waals surface area contributed by atoms with Gasteiger partial charge in [-0.05, 0) is 74.4 Å². The topological polar surface area (TPSA) is 142 Å². The minimum absolute atomic E-state index is 0.0651. The van der Waals surface area contributed by atoms with Gasteiger partial charge in [0.1, 0.15) is 11.6 Å². The highest BCUT2D eigenvalue weighted by atomic mass is 32.2. The van der Waals surface area contributed by atoms with Crippen LogP contribution in [-0.2, 0) is 30.8 Å². The van der Waals surface area contributed by atoms with Crippen LogP contribution in [0.1, 0.15) is 39.2 Å². The first-order chi connectivity index (χ1) is 20.3. The molecule has 0 spiro atoms. The Balaban J connectivity index is 1.55. The summed E-state index contributed by atoms with van der Waals surface area (Å²) in [7, 11) is -4.29. The number of sulfonamides is 1. The number of carboxylic acids is 1. The molecule has 0 bridgehead atoms. The van der Waals surface area contributed by atoms with E-state index in [9.17, 15) is 27.9 Å². The fourth-order valence-corrected chi connectivity index (χ4v) is 6.45. The molecule has 1 aliphatic rings. The molecule has 3 N–H and O–H groups in total. The van der Waals surface area contributed by atoms with Gasteiger partial charge in [-0.15, -0.1) is 0 Å². The van der Waals surface area contributed by atoms with Crippen molar-refractivity contribution in [3.8, 4) is 0 Å². The van der Waals surface area contributed by atoms with Crippen molar-refractivity contribution in [3.63, 3.8) is 0 Å². The number of nitrogens with one attached hydrogen (secondary N) is 2. The number of carboxylic acid groups (broad SMARTS) is 1. The summed E-state index contributed by atoms with van der Waals surface area (Å²) in [6.07, 6.45) is 0.950. The predicted molar refractivity (Wildman–Crippen MR) is 163 cm³/mol. The van der Waals surface area contributed by atoms with Crippen LogP contribution in [0.3, 0.4) is 0 Å². The molecule has 3 atom stereocenters. The van der Waals surface area contributed by atoms with E-state index in [0.717, 1.165) is 11.8 Å². The van der Waals surface area contributed by atoms with E-state index < -0.39 is 45.6 Å². The summed E-state index contributed by atoms with van der Waals surface area (Å²) in [4.78, 5) is 40.3. The van der Waals surface area contributed by atoms with Crippen LogP contribution in [0.4, 0.5) is 4.79 Å². The van der Waals surface area contributed by atoms with Gasteiger partial charge in [0.05, 0.1) is 10.8 Å². The molecule has 3 aromatic carbocycles. The number of fused-ring (bicyclic) bond motifs is 1. The first kappa shape index (κ1) is 32.0. The van der Waals surface area contributed by atoms with Crippen molar-refractivity contribution in [2.24, 2.45) is 11.8 Å². The van der Waals surface area contributed by atoms with Crippen LogP contribution in [0.2, 0.25) is 0 Å². The van der Waals surface area contributed by atoms with Gasteiger partial charge in [0.25, 0.3) is 0 Å². The fourth-order valence-electron chi connectivity index (χ4n) is 5.18. The Morgan fingerprint density at radius 2 is 1.67 bits per heavy atom. The molecular weight excluding hydrogens is 570 g/mol. The second-order valence-corrected chi connectivity index (χ2v) is 13.6. The largest absolute Gasteiger partial charge is 0.481 e. The van der Waals surface area contributed by atoms with Gasteiger partial charge in [-0.3, -0.25) is 9.59 Å². The smallest absolute Gasteiger partial charge is 0.410 e. The molecule has 3 aromatic rings. The summed E-state index contributed by atoms with van der Waals surface area (Å²) in [5.41, 5.74) is 0.0102. The molecule has 4 rings (SSSR count). The van der Waals surface area contributed by atoms with Gasteiger partial charge in [0, 0.05) is 19.6 Å². The summed E-state index contributed by atoms with van der Waals surface area (Å²) in [5, 5.41) is 14.5. The van der Waals surface area contributed by atoms with Gasteiger partial charge in [-0.2, -0.15) is 4.72 Å². The summed E-state index contributed by atoms with van der Waals surface area (Å²) < 4.78 is 35.0. The number of carbonyl (C=O) groups excluding carboxylic acids is 2. The maximum Gasteiger partial charge on any atom is 0.410 e. The summed E-state index contributed by atoms with van der Waals surface area (Å²) in [6.45, 7) is 6.41. The first-order valence-electron chi connectivity index (χ1n) is 14.4. The van der Waals surface area contributed by atoms with E-state index in [1.54, 1.807) is 74.2 Å². The minimum atomic E-state index is -4.29. The van der Waals surface area contributed by atoms with Crippen LogP contribution in [0.15, 0.2) is 77.7 Å². The number of benzene rings is 3. The van der Waals surface area contributed by atoms with Crippen LogP contribution in [-0.4, -0.2) is 67.7 Å². The minimum Gasteiger partial charge on any atom is -0.481 e. The van der Waals surface area contributed by atoms with Crippen molar-refractivity contribution in [1.82, 2.24) is 14.9 Å². The van der Waals surface area contributed by atoms with Gasteiger partial charge < -0.3 is 20.1 Å². The van der Waals surface area contributed by atoms with Crippen LogP contribution in [0, 0.1) is 11.8 Å². The summed E-state index contributed by atoms with van der Waals surface area (Å²) >= 11 is 0. The highest BCUT2D eigenvalue weighted by molar-refractivity contribution is 7.89. The third-order valence-corrected chi connectivity index (χ3v) is 8.79. The molecule has 1 heterocycles. The summed E-state index contributed by atoms with van der Waals surface area (Å²) in [5.74, 6) is -3.55. The molecule has 11 heteroatoms. The number of hydrogen-bond donors (Lipinski definition) is 3. The third-order valence-electron chi connectivity index (χ3n) is 7.35. The Labute approximate surface area is 252 Å². The van der Waals surface area contributed by atoms with Gasteiger partial charge in [0.2, 0.25) is 15.9 Å². The SMILES string of the molecule is CC(C)(C)OC(=O)N1CCC[C@@H](CNC(=O)C(NS(=O)(=O)c2ccc3ccccc3c2)[C@@H](Cc2ccccc2)C(=O)O)C1. The molecule has 0 aliphatic carbocycles. The lowest BCUT2D eigenvalue weighted by Gasteiger charge is -2.34. The van der Waals surface area contributed by atoms with E-state index >= 15 is 0 Å². The van der Waals surface area contributed by atoms with Crippen molar-refractivity contribution in [2.45, 2.75) is 56.6 Å². The summed E-state index contributed by atoms with van der Waals surface area (Å²) in [6, 6.07) is 19.0. The fraction of sp³-hybridized carbons (Fsp3) is 0.406. The van der Waals surface area contributed by atoms with Gasteiger partial charge in [0.15, 0.2) is 0 Å². The molecule has 43 heavy (non-hydrogen) atoms. The first-order valence-corrected chi connectivity index (χ1v) is 15.8. The zero-order chi connectivity index (χ0) is 31.2. The van der Waals surface area contributed by atoms with Crippen LogP contribution in [0.5, 0.6) is 0 Å². The number of rotatable bonds is 10. The normalized spacial score (nSPS) is 17.2. The number of piperidine rings is 1. The zero-order valence-corrected chi connectivity index (χ0v) is 25.5. The maximum absolute atomic E-state index is 13.6. The number of hydrogen-bond acceptors (Lipinski definition) is 6. The van der Waals surface area contributed by atoms with Gasteiger partial charge in [-0.25, -0.2) is 13.2 Å². The average molecular weight is 610 g/mol. The molecular formula is C32H39N3O7S. The van der Waals surface area contributed by atoms with Crippen molar-refractivity contribution >= 4 is 38.8 Å². The van der Waals surface area contributed by atoms with Crippen LogP contribution >= 0.6 is 0 Å². The van der Waals surface area contributed by atoms with Crippen LogP contribution < -0.4 is 10.0 Å². The quantitative estimate of drug-likeness (QED) is 0.313. The molecule has 1 unspecified atom stereocenters. The Kier molecular flexibility index (Phi) is 10.1. The molecule has 230 valence electrons. The zero-order valence-electron chi connectivity index (χ0n) is 24.7. The molecule has 2 amide bonds. The molecule has 0 radical (unpaired) electrons. The molecule has 10 nitrogen and oxygen atoms in total. The van der Waals surface area contributed by atoms with E-state index in [-0.39, 0.29) is 23.8 Å². The highest BCUT2D eigenvalue weighted by Gasteiger charge is 2.38. The third kappa shape index (κ3) is 8.77. The molecule has 1 saturated heterocycles. The van der Waals surface area contributed by atoms with E-state index in [1.807, 2.05) is 12.1 Å². The lowest BCUT2D eigenvalue weighted by molar-refractivity contribution is -0.145. The second kappa shape index (κ2) is 13.6. The van der Waals surface area contributed by atoms with Crippen LogP contribution in [0.25, 0.3) is 10.8 Å². The Morgan fingerprint density at radius 3 is 2.35 bits per heavy atom. The molecule has 0 aromatic heterocycles. The number of nitrogens with zero attached hydrogens (tertiary/aromatic N) is 1. The molecule has 1 aliphatic heterocycles. The Hall–Kier alpha value is -3.96. The molecule has 0 saturated carbocycles. The van der Waals surface area contributed by atoms with E-state index in [2.05, 4.69) is 10.0 Å². The van der Waals surface area contributed by atoms with Crippen molar-refractivity contribution in [1.29, 1.82) is 0 Å². The highest BCUT2D eigenvalue weighted by Crippen LogP contribution is 2.22. The second-order valence-electron chi connectivity index (χ2n) is 11.9. The number of likely N-dealkylation sites (tertiary alicyclic amines) is 1. The standard InChI is InChI=1S/C32H39N3O7S/c1-32(2,3)42-31(39)35-17-9-12-23(21-35)20-33-29(36)28(27(30(37)38)18-22-10-5-4-6-11-22)34-43(40,41)26-16-15-24-13-7-8-14-25(24)19-26/h4-8,10-11,13-16,19,23,27-28,34H,9,12,17-18,20-21H2,1-3H3,(H,33,36)(H,37,38)/t23-,27+,28?/m0/s1. The predicted octanol–water partition coefficient (Wildman–Crippen LogP) is 4.19. The number of carbonyl (C=O) groups is 3. The average Bonchev–Trinajstić information content (AvgIpc) is 2.97. The number of aliphatic carboxylic acids is 1. The van der Waals surface area contributed by atoms with E-state index in [4.69, 9.17) is 4.74 Å². The Morgan fingerprint density at radius 1 is 1.00 bits per heavy atom. The van der Waals surface area contributed by atoms with E-state index in [0.29, 0.717) is 30.5 Å². The van der Waals surface area contributed by atoms with Crippen molar-refractivity contribution < 1.29 is 32.6 Å². The van der Waals surface area contributed by atoms with Gasteiger partial charge in [-0.1, -0.05) is 60.7 Å². The monoisotopic (exact) mass is 609 g/mol.